The van der Waals surface area contributed by atoms with Crippen LogP contribution in [0.5, 0.6) is 0 Å². The number of anilines is 2. The van der Waals surface area contributed by atoms with Crippen molar-refractivity contribution in [3.63, 3.8) is 0 Å². The molecule has 2 unspecified atom stereocenters. The number of fused-ring (bicyclic) bond motifs is 1. The summed E-state index contributed by atoms with van der Waals surface area (Å²) in [5.41, 5.74) is 4.39. The third-order valence-corrected chi connectivity index (χ3v) is 5.41. The van der Waals surface area contributed by atoms with E-state index in [0.29, 0.717) is 6.04 Å². The largest absolute Gasteiger partial charge is 0.393 e. The lowest BCUT2D eigenvalue weighted by atomic mass is 9.93. The molecule has 4 N–H and O–H groups in total. The molecule has 0 bridgehead atoms. The van der Waals surface area contributed by atoms with Gasteiger partial charge in [0, 0.05) is 33.8 Å². The van der Waals surface area contributed by atoms with Crippen molar-refractivity contribution in [1.29, 1.82) is 0 Å². The molecule has 2 atom stereocenters. The van der Waals surface area contributed by atoms with Crippen molar-refractivity contribution in [1.82, 2.24) is 10.2 Å². The van der Waals surface area contributed by atoms with Gasteiger partial charge in [-0.1, -0.05) is 28.1 Å². The molecule has 0 aliphatic heterocycles. The van der Waals surface area contributed by atoms with Gasteiger partial charge in [0.1, 0.15) is 0 Å². The van der Waals surface area contributed by atoms with Gasteiger partial charge in [0.25, 0.3) is 0 Å². The summed E-state index contributed by atoms with van der Waals surface area (Å²) in [6, 6.07) is 12.9. The van der Waals surface area contributed by atoms with E-state index in [4.69, 9.17) is 0 Å². The van der Waals surface area contributed by atoms with E-state index in [1.807, 2.05) is 12.3 Å². The van der Waals surface area contributed by atoms with Crippen molar-refractivity contribution in [3.05, 3.63) is 52.6 Å². The van der Waals surface area contributed by atoms with Gasteiger partial charge in [0.2, 0.25) is 0 Å². The summed E-state index contributed by atoms with van der Waals surface area (Å²) >= 11 is 3.55. The molecule has 1 fully saturated rings. The first kappa shape index (κ1) is 17.4. The van der Waals surface area contributed by atoms with Gasteiger partial charge in [-0.3, -0.25) is 5.10 Å². The molecule has 26 heavy (non-hydrogen) atoms. The normalized spacial score (nSPS) is 20.2. The molecule has 0 spiro atoms. The molecule has 0 radical (unpaired) electrons. The number of H-pyrrole nitrogens is 1. The zero-order valence-electron chi connectivity index (χ0n) is 14.5. The number of hydrogen-bond acceptors (Lipinski definition) is 4. The van der Waals surface area contributed by atoms with Crippen LogP contribution in [0.1, 0.15) is 31.2 Å². The van der Waals surface area contributed by atoms with Crippen LogP contribution in [0.3, 0.4) is 0 Å². The van der Waals surface area contributed by atoms with Crippen LogP contribution in [-0.4, -0.2) is 27.4 Å². The van der Waals surface area contributed by atoms with E-state index in [1.165, 1.54) is 5.56 Å². The van der Waals surface area contributed by atoms with Crippen LogP contribution < -0.4 is 10.6 Å². The fraction of sp³-hybridized carbons (Fsp3) is 0.350. The Morgan fingerprint density at radius 2 is 2.15 bits per heavy atom. The van der Waals surface area contributed by atoms with Crippen molar-refractivity contribution < 1.29 is 5.11 Å². The second-order valence-corrected chi connectivity index (χ2v) is 7.92. The first-order valence-electron chi connectivity index (χ1n) is 9.07. The standard InChI is InChI=1S/C20H23BrN4O/c21-14-8-19(18-12-23-25-20(18)9-14)22-11-13-3-1-4-15(7-13)24-16-5-2-6-17(26)10-16/h1,3-4,7-9,12,16-17,22,24,26H,2,5-6,10-11H2,(H,23,25). The van der Waals surface area contributed by atoms with Crippen molar-refractivity contribution in [2.24, 2.45) is 0 Å². The van der Waals surface area contributed by atoms with E-state index in [9.17, 15) is 5.11 Å². The third-order valence-electron chi connectivity index (χ3n) is 4.95. The fourth-order valence-electron chi connectivity index (χ4n) is 3.66. The summed E-state index contributed by atoms with van der Waals surface area (Å²) in [5.74, 6) is 0. The van der Waals surface area contributed by atoms with Crippen molar-refractivity contribution in [2.75, 3.05) is 10.6 Å². The van der Waals surface area contributed by atoms with Crippen LogP contribution in [0, 0.1) is 0 Å². The van der Waals surface area contributed by atoms with Crippen molar-refractivity contribution in [2.45, 2.75) is 44.4 Å². The number of halogens is 1. The Bertz CT molecular complexity index is 894. The first-order chi connectivity index (χ1) is 12.7. The second kappa shape index (κ2) is 7.68. The van der Waals surface area contributed by atoms with E-state index in [0.717, 1.165) is 59.0 Å². The predicted octanol–water partition coefficient (Wildman–Crippen LogP) is 4.65. The lowest BCUT2D eigenvalue weighted by Gasteiger charge is -2.27. The molecule has 0 saturated heterocycles. The molecule has 1 aromatic heterocycles. The van der Waals surface area contributed by atoms with E-state index >= 15 is 0 Å². The van der Waals surface area contributed by atoms with Crippen LogP contribution in [0.4, 0.5) is 11.4 Å². The lowest BCUT2D eigenvalue weighted by molar-refractivity contribution is 0.124. The van der Waals surface area contributed by atoms with Gasteiger partial charge in [-0.05, 0) is 55.5 Å². The monoisotopic (exact) mass is 414 g/mol. The summed E-state index contributed by atoms with van der Waals surface area (Å²) in [6.07, 6.45) is 5.65. The molecule has 1 heterocycles. The van der Waals surface area contributed by atoms with Gasteiger partial charge in [-0.25, -0.2) is 0 Å². The number of aromatic nitrogens is 2. The van der Waals surface area contributed by atoms with E-state index < -0.39 is 0 Å². The number of aliphatic hydroxyl groups excluding tert-OH is 1. The molecule has 136 valence electrons. The number of hydrogen-bond donors (Lipinski definition) is 4. The summed E-state index contributed by atoms with van der Waals surface area (Å²) in [4.78, 5) is 0. The summed E-state index contributed by atoms with van der Waals surface area (Å²) in [6.45, 7) is 0.736. The number of rotatable bonds is 5. The summed E-state index contributed by atoms with van der Waals surface area (Å²) in [5, 5.41) is 25.2. The van der Waals surface area contributed by atoms with Gasteiger partial charge < -0.3 is 15.7 Å². The minimum Gasteiger partial charge on any atom is -0.393 e. The molecule has 1 aliphatic carbocycles. The topological polar surface area (TPSA) is 73.0 Å². The Balaban J connectivity index is 1.44. The Labute approximate surface area is 161 Å². The Morgan fingerprint density at radius 3 is 3.04 bits per heavy atom. The fourth-order valence-corrected chi connectivity index (χ4v) is 4.12. The molecule has 2 aromatic carbocycles. The quantitative estimate of drug-likeness (QED) is 0.490. The number of aromatic amines is 1. The molecular formula is C20H23BrN4O. The maximum Gasteiger partial charge on any atom is 0.0682 e. The molecule has 1 aliphatic rings. The third kappa shape index (κ3) is 4.02. The molecule has 0 amide bonds. The highest BCUT2D eigenvalue weighted by Crippen LogP contribution is 2.28. The predicted molar refractivity (Wildman–Crippen MR) is 109 cm³/mol. The average molecular weight is 415 g/mol. The highest BCUT2D eigenvalue weighted by molar-refractivity contribution is 9.10. The van der Waals surface area contributed by atoms with Crippen LogP contribution in [0.2, 0.25) is 0 Å². The molecule has 1 saturated carbocycles. The van der Waals surface area contributed by atoms with Gasteiger partial charge in [-0.15, -0.1) is 0 Å². The van der Waals surface area contributed by atoms with Gasteiger partial charge in [0.15, 0.2) is 0 Å². The Kier molecular flexibility index (Phi) is 5.13. The minimum atomic E-state index is -0.167. The number of nitrogens with zero attached hydrogens (tertiary/aromatic N) is 1. The van der Waals surface area contributed by atoms with Crippen molar-refractivity contribution >= 4 is 38.2 Å². The van der Waals surface area contributed by atoms with Gasteiger partial charge >= 0.3 is 0 Å². The highest BCUT2D eigenvalue weighted by atomic mass is 79.9. The number of nitrogens with one attached hydrogen (secondary N) is 3. The number of benzene rings is 2. The maximum absolute atomic E-state index is 9.85. The van der Waals surface area contributed by atoms with Gasteiger partial charge in [0.05, 0.1) is 17.8 Å². The Morgan fingerprint density at radius 1 is 1.23 bits per heavy atom. The van der Waals surface area contributed by atoms with Gasteiger partial charge in [-0.2, -0.15) is 5.10 Å². The van der Waals surface area contributed by atoms with Crippen LogP contribution >= 0.6 is 15.9 Å². The zero-order chi connectivity index (χ0) is 17.9. The zero-order valence-corrected chi connectivity index (χ0v) is 16.1. The molecular weight excluding hydrogens is 392 g/mol. The first-order valence-corrected chi connectivity index (χ1v) is 9.87. The molecule has 3 aromatic rings. The van der Waals surface area contributed by atoms with Crippen LogP contribution in [-0.2, 0) is 6.54 Å². The lowest BCUT2D eigenvalue weighted by Crippen LogP contribution is -2.29. The van der Waals surface area contributed by atoms with Crippen LogP contribution in [0.15, 0.2) is 47.1 Å². The summed E-state index contributed by atoms with van der Waals surface area (Å²) in [7, 11) is 0. The number of aliphatic hydroxyl groups is 1. The smallest absolute Gasteiger partial charge is 0.0682 e. The van der Waals surface area contributed by atoms with E-state index in [1.54, 1.807) is 0 Å². The molecule has 5 nitrogen and oxygen atoms in total. The molecule has 6 heteroatoms. The second-order valence-electron chi connectivity index (χ2n) is 7.00. The summed E-state index contributed by atoms with van der Waals surface area (Å²) < 4.78 is 1.02. The van der Waals surface area contributed by atoms with Crippen molar-refractivity contribution in [3.8, 4) is 0 Å². The highest BCUT2D eigenvalue weighted by Gasteiger charge is 2.19. The van der Waals surface area contributed by atoms with E-state index in [-0.39, 0.29) is 6.10 Å². The Hall–Kier alpha value is -2.05. The SMILES string of the molecule is OC1CCCC(Nc2cccc(CNc3cc(Br)cc4[nH]ncc34)c2)C1. The molecule has 4 rings (SSSR count). The maximum atomic E-state index is 9.85. The van der Waals surface area contributed by atoms with Crippen LogP contribution in [0.25, 0.3) is 10.9 Å². The minimum absolute atomic E-state index is 0.167. The average Bonchev–Trinajstić information content (AvgIpc) is 3.08. The van der Waals surface area contributed by atoms with E-state index in [2.05, 4.69) is 67.1 Å².